The summed E-state index contributed by atoms with van der Waals surface area (Å²) in [5, 5.41) is 10.1. The van der Waals surface area contributed by atoms with Gasteiger partial charge in [0, 0.05) is 24.3 Å². The molecule has 25 heavy (non-hydrogen) atoms. The summed E-state index contributed by atoms with van der Waals surface area (Å²) in [6.07, 6.45) is 3.47. The number of aliphatic imine (C=N–C) groups is 1. The van der Waals surface area contributed by atoms with Crippen LogP contribution in [0, 0.1) is 5.95 Å². The standard InChI is InChI=1S/C19H25FN4O/c1-5-15(6-2)24(7-3)13(4)22-19-17(25)10-9-16(23-19)14-8-11-18(20)21-12-14/h8-12,15,25H,5-7H2,1-4H3. The first-order chi connectivity index (χ1) is 12.0. The molecule has 2 aromatic rings. The van der Waals surface area contributed by atoms with Crippen LogP contribution in [0.1, 0.15) is 40.5 Å². The Morgan fingerprint density at radius 1 is 1.20 bits per heavy atom. The van der Waals surface area contributed by atoms with E-state index in [4.69, 9.17) is 0 Å². The second kappa shape index (κ2) is 8.55. The molecule has 0 aromatic carbocycles. The summed E-state index contributed by atoms with van der Waals surface area (Å²) in [6.45, 7) is 9.16. The Bertz CT molecular complexity index is 727. The number of nitrogens with zero attached hydrogens (tertiary/aromatic N) is 4. The number of aromatic hydroxyl groups is 1. The van der Waals surface area contributed by atoms with Crippen molar-refractivity contribution in [2.24, 2.45) is 4.99 Å². The van der Waals surface area contributed by atoms with Crippen molar-refractivity contribution in [2.75, 3.05) is 6.54 Å². The molecule has 1 N–H and O–H groups in total. The average molecular weight is 344 g/mol. The molecule has 0 atom stereocenters. The minimum absolute atomic E-state index is 0.0128. The lowest BCUT2D eigenvalue weighted by Crippen LogP contribution is -2.38. The Kier molecular flexibility index (Phi) is 6.44. The van der Waals surface area contributed by atoms with Crippen molar-refractivity contribution in [1.29, 1.82) is 0 Å². The molecule has 5 nitrogen and oxygen atoms in total. The molecular weight excluding hydrogens is 319 g/mol. The van der Waals surface area contributed by atoms with E-state index in [9.17, 15) is 9.50 Å². The third-order valence-electron chi connectivity index (χ3n) is 4.29. The van der Waals surface area contributed by atoms with Gasteiger partial charge in [-0.2, -0.15) is 4.39 Å². The second-order valence-electron chi connectivity index (χ2n) is 5.82. The minimum atomic E-state index is -0.541. The van der Waals surface area contributed by atoms with Crippen LogP contribution in [0.4, 0.5) is 10.2 Å². The van der Waals surface area contributed by atoms with E-state index >= 15 is 0 Å². The molecule has 0 spiro atoms. The summed E-state index contributed by atoms with van der Waals surface area (Å²) in [4.78, 5) is 14.8. The largest absolute Gasteiger partial charge is 0.504 e. The number of pyridine rings is 2. The zero-order chi connectivity index (χ0) is 18.4. The van der Waals surface area contributed by atoms with E-state index in [-0.39, 0.29) is 11.6 Å². The van der Waals surface area contributed by atoms with Crippen molar-refractivity contribution in [1.82, 2.24) is 14.9 Å². The van der Waals surface area contributed by atoms with E-state index in [1.165, 1.54) is 12.3 Å². The first-order valence-electron chi connectivity index (χ1n) is 8.63. The lowest BCUT2D eigenvalue weighted by molar-refractivity contribution is 0.305. The van der Waals surface area contributed by atoms with Crippen LogP contribution in [0.3, 0.4) is 0 Å². The predicted octanol–water partition coefficient (Wildman–Crippen LogP) is 4.55. The zero-order valence-corrected chi connectivity index (χ0v) is 15.2. The summed E-state index contributed by atoms with van der Waals surface area (Å²) >= 11 is 0. The van der Waals surface area contributed by atoms with Crippen molar-refractivity contribution in [2.45, 2.75) is 46.6 Å². The molecule has 0 fully saturated rings. The van der Waals surface area contributed by atoms with Crippen LogP contribution in [0.25, 0.3) is 11.3 Å². The molecule has 0 aliphatic rings. The van der Waals surface area contributed by atoms with Gasteiger partial charge in [0.05, 0.1) is 5.69 Å². The number of aromatic nitrogens is 2. The van der Waals surface area contributed by atoms with Gasteiger partial charge in [-0.3, -0.25) is 0 Å². The third kappa shape index (κ3) is 4.53. The maximum absolute atomic E-state index is 13.0. The Morgan fingerprint density at radius 2 is 1.92 bits per heavy atom. The number of hydrogen-bond acceptors (Lipinski definition) is 4. The fourth-order valence-electron chi connectivity index (χ4n) is 2.91. The maximum Gasteiger partial charge on any atom is 0.212 e. The van der Waals surface area contributed by atoms with E-state index in [0.717, 1.165) is 25.2 Å². The van der Waals surface area contributed by atoms with Crippen molar-refractivity contribution in [3.63, 3.8) is 0 Å². The van der Waals surface area contributed by atoms with Gasteiger partial charge < -0.3 is 10.0 Å². The monoisotopic (exact) mass is 344 g/mol. The SMILES string of the molecule is CCC(CC)N(CC)C(C)=Nc1nc(-c2ccc(F)nc2)ccc1O. The predicted molar refractivity (Wildman–Crippen MR) is 98.6 cm³/mol. The number of halogens is 1. The van der Waals surface area contributed by atoms with Crippen molar-refractivity contribution in [3.8, 4) is 17.0 Å². The van der Waals surface area contributed by atoms with Crippen LogP contribution in [0.5, 0.6) is 5.75 Å². The van der Waals surface area contributed by atoms with Crippen LogP contribution in [0.15, 0.2) is 35.5 Å². The number of hydrogen-bond donors (Lipinski definition) is 1. The van der Waals surface area contributed by atoms with E-state index < -0.39 is 5.95 Å². The van der Waals surface area contributed by atoms with Crippen LogP contribution in [-0.4, -0.2) is 38.4 Å². The quantitative estimate of drug-likeness (QED) is 0.474. The molecule has 2 aromatic heterocycles. The number of amidine groups is 1. The summed E-state index contributed by atoms with van der Waals surface area (Å²) < 4.78 is 13.0. The van der Waals surface area contributed by atoms with Gasteiger partial charge in [-0.05, 0) is 51.0 Å². The Hall–Kier alpha value is -2.50. The maximum atomic E-state index is 13.0. The van der Waals surface area contributed by atoms with Crippen molar-refractivity contribution in [3.05, 3.63) is 36.4 Å². The molecule has 2 heterocycles. The van der Waals surface area contributed by atoms with Gasteiger partial charge in [-0.1, -0.05) is 13.8 Å². The van der Waals surface area contributed by atoms with Crippen molar-refractivity contribution < 1.29 is 9.50 Å². The average Bonchev–Trinajstić information content (AvgIpc) is 2.62. The fourth-order valence-corrected chi connectivity index (χ4v) is 2.91. The summed E-state index contributed by atoms with van der Waals surface area (Å²) in [5.74, 6) is 0.538. The molecule has 0 saturated carbocycles. The Morgan fingerprint density at radius 3 is 2.48 bits per heavy atom. The molecule has 0 saturated heterocycles. The lowest BCUT2D eigenvalue weighted by Gasteiger charge is -2.31. The Labute approximate surface area is 148 Å². The molecule has 0 aliphatic carbocycles. The first kappa shape index (κ1) is 18.8. The highest BCUT2D eigenvalue weighted by molar-refractivity contribution is 5.83. The van der Waals surface area contributed by atoms with Gasteiger partial charge in [0.2, 0.25) is 5.95 Å². The molecule has 134 valence electrons. The zero-order valence-electron chi connectivity index (χ0n) is 15.2. The summed E-state index contributed by atoms with van der Waals surface area (Å²) in [6, 6.07) is 6.50. The third-order valence-corrected chi connectivity index (χ3v) is 4.29. The highest BCUT2D eigenvalue weighted by atomic mass is 19.1. The molecule has 2 rings (SSSR count). The number of rotatable bonds is 6. The first-order valence-corrected chi connectivity index (χ1v) is 8.63. The van der Waals surface area contributed by atoms with Crippen LogP contribution in [-0.2, 0) is 0 Å². The minimum Gasteiger partial charge on any atom is -0.504 e. The highest BCUT2D eigenvalue weighted by Gasteiger charge is 2.15. The smallest absolute Gasteiger partial charge is 0.212 e. The lowest BCUT2D eigenvalue weighted by atomic mass is 10.1. The summed E-state index contributed by atoms with van der Waals surface area (Å²) in [7, 11) is 0. The molecule has 0 unspecified atom stereocenters. The van der Waals surface area contributed by atoms with Gasteiger partial charge in [0.15, 0.2) is 11.6 Å². The topological polar surface area (TPSA) is 61.6 Å². The second-order valence-corrected chi connectivity index (χ2v) is 5.82. The Balaban J connectivity index is 2.37. The van der Waals surface area contributed by atoms with Gasteiger partial charge in [0.25, 0.3) is 0 Å². The van der Waals surface area contributed by atoms with Crippen LogP contribution >= 0.6 is 0 Å². The van der Waals surface area contributed by atoms with Gasteiger partial charge in [-0.15, -0.1) is 0 Å². The molecule has 0 amide bonds. The van der Waals surface area contributed by atoms with E-state index in [2.05, 4.69) is 40.6 Å². The normalized spacial score (nSPS) is 11.8. The molecule has 0 aliphatic heterocycles. The molecular formula is C19H25FN4O. The van der Waals surface area contributed by atoms with Gasteiger partial charge in [-0.25, -0.2) is 15.0 Å². The van der Waals surface area contributed by atoms with E-state index in [0.29, 0.717) is 17.3 Å². The van der Waals surface area contributed by atoms with E-state index in [1.807, 2.05) is 6.92 Å². The fraction of sp³-hybridized carbons (Fsp3) is 0.421. The van der Waals surface area contributed by atoms with Crippen molar-refractivity contribution >= 4 is 11.7 Å². The van der Waals surface area contributed by atoms with Crippen LogP contribution in [0.2, 0.25) is 0 Å². The van der Waals surface area contributed by atoms with E-state index in [1.54, 1.807) is 18.2 Å². The summed E-state index contributed by atoms with van der Waals surface area (Å²) in [5.41, 5.74) is 1.25. The van der Waals surface area contributed by atoms with Crippen LogP contribution < -0.4 is 0 Å². The highest BCUT2D eigenvalue weighted by Crippen LogP contribution is 2.28. The van der Waals surface area contributed by atoms with Gasteiger partial charge in [0.1, 0.15) is 5.84 Å². The molecule has 6 heteroatoms. The van der Waals surface area contributed by atoms with Gasteiger partial charge >= 0.3 is 0 Å². The molecule has 0 radical (unpaired) electrons. The molecule has 0 bridgehead atoms.